The molecule has 0 saturated heterocycles. The summed E-state index contributed by atoms with van der Waals surface area (Å²) in [6.45, 7) is 5.12. The van der Waals surface area contributed by atoms with Crippen LogP contribution in [0.25, 0.3) is 0 Å². The van der Waals surface area contributed by atoms with Crippen molar-refractivity contribution < 1.29 is 24.2 Å². The summed E-state index contributed by atoms with van der Waals surface area (Å²) in [5.41, 5.74) is -0.00985. The molecule has 0 saturated carbocycles. The molecule has 0 radical (unpaired) electrons. The Morgan fingerprint density at radius 3 is 2.37 bits per heavy atom. The molecule has 0 aliphatic rings. The Hall–Kier alpha value is -2.73. The minimum atomic E-state index is -1.15. The number of ether oxygens (including phenoxy) is 2. The first-order chi connectivity index (χ1) is 12.6. The van der Waals surface area contributed by atoms with E-state index in [-0.39, 0.29) is 6.42 Å². The van der Waals surface area contributed by atoms with Gasteiger partial charge in [0.05, 0.1) is 0 Å². The fourth-order valence-electron chi connectivity index (χ4n) is 2.26. The number of aliphatic carboxylic acids is 1. The summed E-state index contributed by atoms with van der Waals surface area (Å²) in [6, 6.07) is 12.8. The van der Waals surface area contributed by atoms with Crippen LogP contribution < -0.4 is 10.1 Å². The summed E-state index contributed by atoms with van der Waals surface area (Å²) in [4.78, 5) is 23.4. The highest BCUT2D eigenvalue weighted by Crippen LogP contribution is 2.24. The highest BCUT2D eigenvalue weighted by atomic mass is 35.5. The van der Waals surface area contributed by atoms with Crippen molar-refractivity contribution in [2.24, 2.45) is 0 Å². The van der Waals surface area contributed by atoms with E-state index < -0.39 is 23.7 Å². The molecule has 0 bridgehead atoms. The van der Waals surface area contributed by atoms with Crippen molar-refractivity contribution in [1.82, 2.24) is 5.32 Å². The summed E-state index contributed by atoms with van der Waals surface area (Å²) in [6.07, 6.45) is -0.685. The van der Waals surface area contributed by atoms with Crippen LogP contribution in [0, 0.1) is 0 Å². The molecule has 1 atom stereocenters. The van der Waals surface area contributed by atoms with Gasteiger partial charge in [0.2, 0.25) is 0 Å². The number of benzene rings is 2. The van der Waals surface area contributed by atoms with Crippen molar-refractivity contribution in [1.29, 1.82) is 0 Å². The summed E-state index contributed by atoms with van der Waals surface area (Å²) >= 11 is 5.85. The first-order valence-corrected chi connectivity index (χ1v) is 8.75. The molecule has 1 amide bonds. The van der Waals surface area contributed by atoms with E-state index in [0.717, 1.165) is 0 Å². The number of hydrogen-bond acceptors (Lipinski definition) is 4. The molecule has 144 valence electrons. The molecule has 2 aromatic carbocycles. The van der Waals surface area contributed by atoms with E-state index in [4.69, 9.17) is 21.1 Å². The molecule has 0 fully saturated rings. The summed E-state index contributed by atoms with van der Waals surface area (Å²) in [5.74, 6) is 0.0133. The highest BCUT2D eigenvalue weighted by molar-refractivity contribution is 6.30. The molecule has 0 aliphatic carbocycles. The second-order valence-electron chi connectivity index (χ2n) is 6.94. The lowest BCUT2D eigenvalue weighted by Gasteiger charge is -2.22. The number of nitrogens with one attached hydrogen (secondary N) is 1. The number of halogens is 1. The lowest BCUT2D eigenvalue weighted by atomic mass is 10.1. The highest BCUT2D eigenvalue weighted by Gasteiger charge is 2.24. The van der Waals surface area contributed by atoms with E-state index in [0.29, 0.717) is 22.1 Å². The van der Waals surface area contributed by atoms with Gasteiger partial charge in [0, 0.05) is 11.4 Å². The smallest absolute Gasteiger partial charge is 0.408 e. The number of carbonyl (C=O) groups excluding carboxylic acids is 1. The Morgan fingerprint density at radius 1 is 1.11 bits per heavy atom. The van der Waals surface area contributed by atoms with Gasteiger partial charge in [0.25, 0.3) is 0 Å². The minimum Gasteiger partial charge on any atom is -0.480 e. The summed E-state index contributed by atoms with van der Waals surface area (Å²) < 4.78 is 10.9. The van der Waals surface area contributed by atoms with E-state index >= 15 is 0 Å². The maximum Gasteiger partial charge on any atom is 0.408 e. The monoisotopic (exact) mass is 391 g/mol. The van der Waals surface area contributed by atoms with Crippen LogP contribution in [-0.2, 0) is 16.0 Å². The van der Waals surface area contributed by atoms with Crippen LogP contribution >= 0.6 is 11.6 Å². The Balaban J connectivity index is 2.06. The summed E-state index contributed by atoms with van der Waals surface area (Å²) in [5, 5.41) is 12.4. The van der Waals surface area contributed by atoms with Gasteiger partial charge in [0.1, 0.15) is 23.1 Å². The molecular weight excluding hydrogens is 370 g/mol. The topological polar surface area (TPSA) is 84.9 Å². The number of amides is 1. The first kappa shape index (κ1) is 20.6. The van der Waals surface area contributed by atoms with Gasteiger partial charge in [-0.15, -0.1) is 0 Å². The number of carboxylic acids is 1. The normalized spacial score (nSPS) is 12.1. The Kier molecular flexibility index (Phi) is 6.69. The molecule has 0 aromatic heterocycles. The third kappa shape index (κ3) is 7.19. The Morgan fingerprint density at radius 2 is 1.78 bits per heavy atom. The SMILES string of the molecule is CC(C)(C)OC(=O)NC(Cc1cccc(Oc2ccc(Cl)cc2)c1)C(=O)O. The number of carboxylic acid groups (broad SMARTS) is 1. The van der Waals surface area contributed by atoms with Crippen molar-refractivity contribution >= 4 is 23.7 Å². The number of hydrogen-bond donors (Lipinski definition) is 2. The number of carbonyl (C=O) groups is 2. The molecule has 0 aliphatic heterocycles. The van der Waals surface area contributed by atoms with Crippen LogP contribution in [0.5, 0.6) is 11.5 Å². The number of alkyl carbamates (subject to hydrolysis) is 1. The zero-order chi connectivity index (χ0) is 20.0. The second-order valence-corrected chi connectivity index (χ2v) is 7.38. The van der Waals surface area contributed by atoms with Gasteiger partial charge in [-0.2, -0.15) is 0 Å². The molecule has 27 heavy (non-hydrogen) atoms. The standard InChI is InChI=1S/C20H22ClNO5/c1-20(2,3)27-19(25)22-17(18(23)24)12-13-5-4-6-16(11-13)26-15-9-7-14(21)8-10-15/h4-11,17H,12H2,1-3H3,(H,22,25)(H,23,24). The van der Waals surface area contributed by atoms with Crippen molar-refractivity contribution in [3.8, 4) is 11.5 Å². The van der Waals surface area contributed by atoms with Crippen molar-refractivity contribution in [3.05, 3.63) is 59.1 Å². The second kappa shape index (κ2) is 8.77. The van der Waals surface area contributed by atoms with Gasteiger partial charge < -0.3 is 19.9 Å². The predicted molar refractivity (Wildman–Crippen MR) is 102 cm³/mol. The molecule has 2 rings (SSSR count). The quantitative estimate of drug-likeness (QED) is 0.748. The largest absolute Gasteiger partial charge is 0.480 e. The summed E-state index contributed by atoms with van der Waals surface area (Å²) in [7, 11) is 0. The van der Waals surface area contributed by atoms with Gasteiger partial charge in [0.15, 0.2) is 0 Å². The zero-order valence-corrected chi connectivity index (χ0v) is 16.1. The molecule has 2 aromatic rings. The zero-order valence-electron chi connectivity index (χ0n) is 15.4. The van der Waals surface area contributed by atoms with Gasteiger partial charge in [-0.1, -0.05) is 23.7 Å². The molecule has 7 heteroatoms. The van der Waals surface area contributed by atoms with E-state index in [1.807, 2.05) is 0 Å². The average molecular weight is 392 g/mol. The van der Waals surface area contributed by atoms with E-state index in [9.17, 15) is 14.7 Å². The predicted octanol–water partition coefficient (Wildman–Crippen LogP) is 4.65. The van der Waals surface area contributed by atoms with E-state index in [1.165, 1.54) is 0 Å². The van der Waals surface area contributed by atoms with Crippen LogP contribution in [0.2, 0.25) is 5.02 Å². The molecule has 2 N–H and O–H groups in total. The maximum atomic E-state index is 11.9. The first-order valence-electron chi connectivity index (χ1n) is 8.37. The fraction of sp³-hybridized carbons (Fsp3) is 0.300. The molecule has 6 nitrogen and oxygen atoms in total. The van der Waals surface area contributed by atoms with Gasteiger partial charge in [-0.25, -0.2) is 9.59 Å². The molecule has 0 spiro atoms. The fourth-order valence-corrected chi connectivity index (χ4v) is 2.39. The van der Waals surface area contributed by atoms with Crippen LogP contribution in [0.3, 0.4) is 0 Å². The molecule has 0 heterocycles. The van der Waals surface area contributed by atoms with Crippen LogP contribution in [0.4, 0.5) is 4.79 Å². The molecule has 1 unspecified atom stereocenters. The van der Waals surface area contributed by atoms with E-state index in [2.05, 4.69) is 5.32 Å². The lowest BCUT2D eigenvalue weighted by molar-refractivity contribution is -0.139. The van der Waals surface area contributed by atoms with Crippen molar-refractivity contribution in [2.75, 3.05) is 0 Å². The van der Waals surface area contributed by atoms with Crippen LogP contribution in [0.15, 0.2) is 48.5 Å². The minimum absolute atomic E-state index is 0.0897. The van der Waals surface area contributed by atoms with Crippen LogP contribution in [0.1, 0.15) is 26.3 Å². The van der Waals surface area contributed by atoms with Crippen LogP contribution in [-0.4, -0.2) is 28.8 Å². The van der Waals surface area contributed by atoms with Gasteiger partial charge in [-0.05, 0) is 62.7 Å². The third-order valence-corrected chi connectivity index (χ3v) is 3.63. The third-order valence-electron chi connectivity index (χ3n) is 3.38. The van der Waals surface area contributed by atoms with Crippen molar-refractivity contribution in [2.45, 2.75) is 38.8 Å². The van der Waals surface area contributed by atoms with Crippen molar-refractivity contribution in [3.63, 3.8) is 0 Å². The Bertz CT molecular complexity index is 799. The number of rotatable bonds is 6. The van der Waals surface area contributed by atoms with Gasteiger partial charge >= 0.3 is 12.1 Å². The molecular formula is C20H22ClNO5. The maximum absolute atomic E-state index is 11.9. The Labute approximate surface area is 163 Å². The van der Waals surface area contributed by atoms with Gasteiger partial charge in [-0.3, -0.25) is 0 Å². The lowest BCUT2D eigenvalue weighted by Crippen LogP contribution is -2.44. The average Bonchev–Trinajstić information content (AvgIpc) is 2.55. The van der Waals surface area contributed by atoms with E-state index in [1.54, 1.807) is 69.3 Å².